The number of aromatic nitrogens is 1. The summed E-state index contributed by atoms with van der Waals surface area (Å²) >= 11 is 0. The van der Waals surface area contributed by atoms with Crippen LogP contribution in [0.2, 0.25) is 0 Å². The van der Waals surface area contributed by atoms with Gasteiger partial charge in [-0.25, -0.2) is 19.5 Å². The molecular weight excluding hydrogens is 192 g/mol. The Kier molecular flexibility index (Phi) is 1.84. The fraction of sp³-hybridized carbons (Fsp3) is 0.286. The molecule has 1 aromatic heterocycles. The van der Waals surface area contributed by atoms with Gasteiger partial charge in [0.05, 0.1) is 6.20 Å². The molecule has 0 aliphatic carbocycles. The molecule has 0 radical (unpaired) electrons. The van der Waals surface area contributed by atoms with Crippen molar-refractivity contribution >= 4 is 17.9 Å². The van der Waals surface area contributed by atoms with Crippen LogP contribution >= 0.6 is 0 Å². The van der Waals surface area contributed by atoms with Gasteiger partial charge in [-0.1, -0.05) is 0 Å². The van der Waals surface area contributed by atoms with Gasteiger partial charge in [0.2, 0.25) is 5.88 Å². The SMILES string of the molecule is O=C(O)C1COC(=O)N1c1cnco1. The third kappa shape index (κ3) is 1.18. The van der Waals surface area contributed by atoms with Crippen LogP contribution < -0.4 is 4.90 Å². The van der Waals surface area contributed by atoms with Crippen molar-refractivity contribution in [2.24, 2.45) is 0 Å². The summed E-state index contributed by atoms with van der Waals surface area (Å²) in [6, 6.07) is -1.05. The predicted molar refractivity (Wildman–Crippen MR) is 41.8 cm³/mol. The molecule has 1 atom stereocenters. The lowest BCUT2D eigenvalue weighted by atomic mass is 10.3. The van der Waals surface area contributed by atoms with Gasteiger partial charge in [0.1, 0.15) is 6.61 Å². The smallest absolute Gasteiger partial charge is 0.417 e. The summed E-state index contributed by atoms with van der Waals surface area (Å²) in [6.45, 7) is -0.186. The number of carboxylic acid groups (broad SMARTS) is 1. The summed E-state index contributed by atoms with van der Waals surface area (Å²) in [4.78, 5) is 26.4. The number of nitrogens with zero attached hydrogens (tertiary/aromatic N) is 2. The van der Waals surface area contributed by atoms with Crippen molar-refractivity contribution in [3.8, 4) is 0 Å². The molecule has 1 fully saturated rings. The number of aliphatic carboxylic acids is 1. The van der Waals surface area contributed by atoms with Crippen LogP contribution in [-0.4, -0.2) is 34.8 Å². The first-order valence-electron chi connectivity index (χ1n) is 3.77. The minimum atomic E-state index is -1.15. The largest absolute Gasteiger partial charge is 0.480 e. The Bertz CT molecular complexity index is 360. The summed E-state index contributed by atoms with van der Waals surface area (Å²) in [5.41, 5.74) is 0. The number of ether oxygens (including phenoxy) is 1. The van der Waals surface area contributed by atoms with Crippen LogP contribution in [0, 0.1) is 0 Å². The van der Waals surface area contributed by atoms with Gasteiger partial charge in [-0.05, 0) is 0 Å². The maximum atomic E-state index is 11.1. The fourth-order valence-corrected chi connectivity index (χ4v) is 1.17. The van der Waals surface area contributed by atoms with Crippen LogP contribution in [-0.2, 0) is 9.53 Å². The zero-order valence-corrected chi connectivity index (χ0v) is 6.91. The van der Waals surface area contributed by atoms with E-state index in [-0.39, 0.29) is 12.5 Å². The van der Waals surface area contributed by atoms with E-state index in [1.807, 2.05) is 0 Å². The quantitative estimate of drug-likeness (QED) is 0.723. The lowest BCUT2D eigenvalue weighted by Crippen LogP contribution is -2.39. The number of hydrogen-bond acceptors (Lipinski definition) is 5. The monoisotopic (exact) mass is 198 g/mol. The van der Waals surface area contributed by atoms with Gasteiger partial charge in [-0.15, -0.1) is 0 Å². The van der Waals surface area contributed by atoms with E-state index in [0.717, 1.165) is 11.3 Å². The molecule has 1 aliphatic heterocycles. The second kappa shape index (κ2) is 3.02. The number of rotatable bonds is 2. The molecule has 7 heteroatoms. The van der Waals surface area contributed by atoms with Crippen LogP contribution in [0.3, 0.4) is 0 Å². The van der Waals surface area contributed by atoms with Gasteiger partial charge >= 0.3 is 12.1 Å². The molecule has 14 heavy (non-hydrogen) atoms. The summed E-state index contributed by atoms with van der Waals surface area (Å²) in [6.07, 6.45) is 1.62. The van der Waals surface area contributed by atoms with Gasteiger partial charge in [0.25, 0.3) is 0 Å². The Morgan fingerprint density at radius 1 is 1.71 bits per heavy atom. The van der Waals surface area contributed by atoms with Crippen molar-refractivity contribution in [2.75, 3.05) is 11.5 Å². The molecule has 74 valence electrons. The Morgan fingerprint density at radius 2 is 2.50 bits per heavy atom. The molecule has 1 aliphatic rings. The number of cyclic esters (lactones) is 1. The number of amides is 1. The van der Waals surface area contributed by atoms with Gasteiger partial charge in [0.15, 0.2) is 12.4 Å². The first kappa shape index (κ1) is 8.54. The summed E-state index contributed by atoms with van der Waals surface area (Å²) in [5, 5.41) is 8.76. The van der Waals surface area contributed by atoms with Crippen molar-refractivity contribution in [3.63, 3.8) is 0 Å². The number of hydrogen-bond donors (Lipinski definition) is 1. The highest BCUT2D eigenvalue weighted by Gasteiger charge is 2.40. The molecule has 1 N–H and O–H groups in total. The molecule has 0 saturated carbocycles. The topological polar surface area (TPSA) is 92.9 Å². The Labute approximate surface area is 77.9 Å². The lowest BCUT2D eigenvalue weighted by molar-refractivity contribution is -0.138. The van der Waals surface area contributed by atoms with Gasteiger partial charge < -0.3 is 14.3 Å². The van der Waals surface area contributed by atoms with E-state index in [1.165, 1.54) is 6.20 Å². The van der Waals surface area contributed by atoms with Crippen molar-refractivity contribution in [1.82, 2.24) is 4.98 Å². The van der Waals surface area contributed by atoms with Crippen LogP contribution in [0.25, 0.3) is 0 Å². The maximum absolute atomic E-state index is 11.1. The second-order valence-corrected chi connectivity index (χ2v) is 2.64. The van der Waals surface area contributed by atoms with E-state index in [4.69, 9.17) is 9.52 Å². The number of oxazole rings is 1. The minimum Gasteiger partial charge on any atom is -0.480 e. The van der Waals surface area contributed by atoms with Crippen molar-refractivity contribution < 1.29 is 23.8 Å². The normalized spacial score (nSPS) is 21.0. The van der Waals surface area contributed by atoms with Crippen molar-refractivity contribution in [3.05, 3.63) is 12.6 Å². The maximum Gasteiger partial charge on any atom is 0.417 e. The number of carbonyl (C=O) groups excluding carboxylic acids is 1. The summed E-state index contributed by atoms with van der Waals surface area (Å²) in [7, 11) is 0. The van der Waals surface area contributed by atoms with E-state index < -0.39 is 18.1 Å². The zero-order chi connectivity index (χ0) is 10.1. The number of carbonyl (C=O) groups is 2. The highest BCUT2D eigenvalue weighted by molar-refractivity contribution is 5.96. The molecule has 7 nitrogen and oxygen atoms in total. The van der Waals surface area contributed by atoms with E-state index in [9.17, 15) is 9.59 Å². The summed E-state index contributed by atoms with van der Waals surface area (Å²) in [5.74, 6) is -1.08. The lowest BCUT2D eigenvalue weighted by Gasteiger charge is -2.13. The average Bonchev–Trinajstić information content (AvgIpc) is 2.71. The Balaban J connectivity index is 2.31. The molecule has 0 aromatic carbocycles. The molecule has 2 heterocycles. The van der Waals surface area contributed by atoms with Gasteiger partial charge in [-0.3, -0.25) is 0 Å². The first-order valence-corrected chi connectivity index (χ1v) is 3.77. The van der Waals surface area contributed by atoms with Crippen LogP contribution in [0.5, 0.6) is 0 Å². The molecular formula is C7H6N2O5. The number of anilines is 1. The molecule has 0 spiro atoms. The molecule has 2 rings (SSSR count). The third-order valence-electron chi connectivity index (χ3n) is 1.81. The van der Waals surface area contributed by atoms with E-state index in [1.54, 1.807) is 0 Å². The molecule has 1 amide bonds. The molecule has 0 bridgehead atoms. The van der Waals surface area contributed by atoms with Gasteiger partial charge in [-0.2, -0.15) is 0 Å². The van der Waals surface area contributed by atoms with E-state index in [0.29, 0.717) is 0 Å². The van der Waals surface area contributed by atoms with Gasteiger partial charge in [0, 0.05) is 0 Å². The summed E-state index contributed by atoms with van der Waals surface area (Å²) < 4.78 is 9.40. The highest BCUT2D eigenvalue weighted by atomic mass is 16.6. The van der Waals surface area contributed by atoms with Crippen LogP contribution in [0.15, 0.2) is 17.0 Å². The van der Waals surface area contributed by atoms with E-state index in [2.05, 4.69) is 9.72 Å². The van der Waals surface area contributed by atoms with Crippen molar-refractivity contribution in [2.45, 2.75) is 6.04 Å². The fourth-order valence-electron chi connectivity index (χ4n) is 1.17. The second-order valence-electron chi connectivity index (χ2n) is 2.64. The Hall–Kier alpha value is -2.05. The molecule has 1 saturated heterocycles. The van der Waals surface area contributed by atoms with Crippen molar-refractivity contribution in [1.29, 1.82) is 0 Å². The first-order chi connectivity index (χ1) is 6.70. The number of carboxylic acids is 1. The third-order valence-corrected chi connectivity index (χ3v) is 1.81. The predicted octanol–water partition coefficient (Wildman–Crippen LogP) is 0.0844. The minimum absolute atomic E-state index is 0.0694. The zero-order valence-electron chi connectivity index (χ0n) is 6.91. The van der Waals surface area contributed by atoms with E-state index >= 15 is 0 Å². The molecule has 1 unspecified atom stereocenters. The van der Waals surface area contributed by atoms with Crippen LogP contribution in [0.1, 0.15) is 0 Å². The van der Waals surface area contributed by atoms with Crippen LogP contribution in [0.4, 0.5) is 10.7 Å². The standard InChI is InChI=1S/C7H6N2O5/c10-6(11)4-2-13-7(12)9(4)5-1-8-3-14-5/h1,3-4H,2H2,(H,10,11). The molecule has 1 aromatic rings. The average molecular weight is 198 g/mol. The highest BCUT2D eigenvalue weighted by Crippen LogP contribution is 2.22. The Morgan fingerprint density at radius 3 is 3.07 bits per heavy atom.